The third-order valence-electron chi connectivity index (χ3n) is 2.66. The van der Waals surface area contributed by atoms with E-state index in [0.717, 1.165) is 18.9 Å². The lowest BCUT2D eigenvalue weighted by atomic mass is 10.0. The Bertz CT molecular complexity index is 87.0. The molecule has 0 heterocycles. The summed E-state index contributed by atoms with van der Waals surface area (Å²) < 4.78 is 5.63. The Morgan fingerprint density at radius 1 is 1.00 bits per heavy atom. The zero-order valence-corrected chi connectivity index (χ0v) is 9.10. The first kappa shape index (κ1) is 12.0. The van der Waals surface area contributed by atoms with Crippen LogP contribution in [0.1, 0.15) is 53.4 Å². The van der Waals surface area contributed by atoms with Gasteiger partial charge in [-0.2, -0.15) is 0 Å². The first-order valence-corrected chi connectivity index (χ1v) is 5.36. The summed E-state index contributed by atoms with van der Waals surface area (Å²) in [6.07, 6.45) is 5.39. The fourth-order valence-corrected chi connectivity index (χ4v) is 1.25. The van der Waals surface area contributed by atoms with Crippen LogP contribution in [0.4, 0.5) is 0 Å². The highest BCUT2D eigenvalue weighted by Crippen LogP contribution is 2.12. The molecule has 0 N–H and O–H groups in total. The van der Waals surface area contributed by atoms with E-state index in [4.69, 9.17) is 4.74 Å². The topological polar surface area (TPSA) is 9.23 Å². The Kier molecular flexibility index (Phi) is 7.58. The van der Waals surface area contributed by atoms with Crippen LogP contribution < -0.4 is 0 Å². The van der Waals surface area contributed by atoms with E-state index in [9.17, 15) is 0 Å². The van der Waals surface area contributed by atoms with Crippen LogP contribution in [-0.4, -0.2) is 12.7 Å². The third-order valence-corrected chi connectivity index (χ3v) is 2.66. The summed E-state index contributed by atoms with van der Waals surface area (Å²) in [6.45, 7) is 9.78. The van der Waals surface area contributed by atoms with Gasteiger partial charge in [-0.25, -0.2) is 0 Å². The fourth-order valence-electron chi connectivity index (χ4n) is 1.25. The van der Waals surface area contributed by atoms with Crippen molar-refractivity contribution >= 4 is 0 Å². The quantitative estimate of drug-likeness (QED) is 0.570. The molecule has 12 heavy (non-hydrogen) atoms. The smallest absolute Gasteiger partial charge is 0.0544 e. The van der Waals surface area contributed by atoms with Crippen molar-refractivity contribution in [3.63, 3.8) is 0 Å². The van der Waals surface area contributed by atoms with Gasteiger partial charge in [-0.05, 0) is 25.7 Å². The molecule has 0 aromatic rings. The van der Waals surface area contributed by atoms with Crippen LogP contribution in [0.15, 0.2) is 0 Å². The molecular formula is C11H24O. The minimum atomic E-state index is 0.444. The van der Waals surface area contributed by atoms with Crippen molar-refractivity contribution in [1.82, 2.24) is 0 Å². The molecule has 0 radical (unpaired) electrons. The van der Waals surface area contributed by atoms with Gasteiger partial charge in [-0.3, -0.25) is 0 Å². The van der Waals surface area contributed by atoms with Crippen LogP contribution in [0, 0.1) is 5.92 Å². The Morgan fingerprint density at radius 2 is 1.58 bits per heavy atom. The van der Waals surface area contributed by atoms with Gasteiger partial charge in [0.05, 0.1) is 6.10 Å². The Hall–Kier alpha value is -0.0400. The molecular weight excluding hydrogens is 148 g/mol. The Balaban J connectivity index is 3.28. The lowest BCUT2D eigenvalue weighted by Crippen LogP contribution is -2.10. The second kappa shape index (κ2) is 7.60. The summed E-state index contributed by atoms with van der Waals surface area (Å²) in [4.78, 5) is 0. The standard InChI is InChI=1S/C11H24O/c1-5-10(4)12-9-8-11(6-2)7-3/h10-11H,5-9H2,1-4H3. The highest BCUT2D eigenvalue weighted by Gasteiger charge is 2.04. The minimum absolute atomic E-state index is 0.444. The van der Waals surface area contributed by atoms with Crippen LogP contribution in [0.3, 0.4) is 0 Å². The second-order valence-electron chi connectivity index (χ2n) is 3.56. The summed E-state index contributed by atoms with van der Waals surface area (Å²) >= 11 is 0. The molecule has 0 aliphatic carbocycles. The number of rotatable bonds is 7. The van der Waals surface area contributed by atoms with Gasteiger partial charge in [0.15, 0.2) is 0 Å². The maximum atomic E-state index is 5.63. The van der Waals surface area contributed by atoms with Crippen molar-refractivity contribution in [1.29, 1.82) is 0 Å². The van der Waals surface area contributed by atoms with E-state index >= 15 is 0 Å². The summed E-state index contributed by atoms with van der Waals surface area (Å²) in [6, 6.07) is 0. The predicted molar refractivity (Wildman–Crippen MR) is 54.4 cm³/mol. The molecule has 1 heteroatoms. The van der Waals surface area contributed by atoms with Gasteiger partial charge >= 0.3 is 0 Å². The molecule has 0 aromatic heterocycles. The molecule has 1 nitrogen and oxygen atoms in total. The molecule has 0 saturated carbocycles. The highest BCUT2D eigenvalue weighted by molar-refractivity contribution is 4.54. The van der Waals surface area contributed by atoms with E-state index in [1.807, 2.05) is 0 Å². The first-order chi connectivity index (χ1) is 5.74. The largest absolute Gasteiger partial charge is 0.379 e. The summed E-state index contributed by atoms with van der Waals surface area (Å²) in [5, 5.41) is 0. The summed E-state index contributed by atoms with van der Waals surface area (Å²) in [5.74, 6) is 0.869. The third kappa shape index (κ3) is 5.59. The van der Waals surface area contributed by atoms with Crippen LogP contribution in [0.25, 0.3) is 0 Å². The molecule has 1 unspecified atom stereocenters. The molecule has 1 atom stereocenters. The SMILES string of the molecule is CCC(CC)CCOC(C)CC. The molecule has 0 fully saturated rings. The van der Waals surface area contributed by atoms with E-state index in [1.54, 1.807) is 0 Å². The van der Waals surface area contributed by atoms with Crippen molar-refractivity contribution in [3.8, 4) is 0 Å². The van der Waals surface area contributed by atoms with Crippen LogP contribution >= 0.6 is 0 Å². The monoisotopic (exact) mass is 172 g/mol. The van der Waals surface area contributed by atoms with Crippen molar-refractivity contribution < 1.29 is 4.74 Å². The van der Waals surface area contributed by atoms with E-state index in [-0.39, 0.29) is 0 Å². The van der Waals surface area contributed by atoms with Crippen molar-refractivity contribution in [2.24, 2.45) is 5.92 Å². The molecule has 0 amide bonds. The second-order valence-corrected chi connectivity index (χ2v) is 3.56. The van der Waals surface area contributed by atoms with Crippen molar-refractivity contribution in [2.45, 2.75) is 59.5 Å². The zero-order valence-electron chi connectivity index (χ0n) is 9.10. The van der Waals surface area contributed by atoms with Crippen molar-refractivity contribution in [2.75, 3.05) is 6.61 Å². The molecule has 0 aliphatic rings. The normalized spacial score (nSPS) is 13.8. The number of hydrogen-bond acceptors (Lipinski definition) is 1. The Labute approximate surface area is 77.5 Å². The molecule has 74 valence electrons. The van der Waals surface area contributed by atoms with Gasteiger partial charge in [0.1, 0.15) is 0 Å². The van der Waals surface area contributed by atoms with Gasteiger partial charge in [0.2, 0.25) is 0 Å². The van der Waals surface area contributed by atoms with E-state index in [0.29, 0.717) is 6.10 Å². The average Bonchev–Trinajstić information content (AvgIpc) is 2.12. The average molecular weight is 172 g/mol. The lowest BCUT2D eigenvalue weighted by molar-refractivity contribution is 0.0536. The van der Waals surface area contributed by atoms with Gasteiger partial charge < -0.3 is 4.74 Å². The van der Waals surface area contributed by atoms with E-state index < -0.39 is 0 Å². The first-order valence-electron chi connectivity index (χ1n) is 5.36. The van der Waals surface area contributed by atoms with Crippen molar-refractivity contribution in [3.05, 3.63) is 0 Å². The Morgan fingerprint density at radius 3 is 2.00 bits per heavy atom. The van der Waals surface area contributed by atoms with Gasteiger partial charge in [0, 0.05) is 6.61 Å². The molecule has 0 saturated heterocycles. The van der Waals surface area contributed by atoms with E-state index in [2.05, 4.69) is 27.7 Å². The number of hydrogen-bond donors (Lipinski definition) is 0. The summed E-state index contributed by atoms with van der Waals surface area (Å²) in [7, 11) is 0. The predicted octanol–water partition coefficient (Wildman–Crippen LogP) is 3.63. The molecule has 0 bridgehead atoms. The van der Waals surface area contributed by atoms with Gasteiger partial charge in [-0.15, -0.1) is 0 Å². The zero-order chi connectivity index (χ0) is 9.40. The molecule has 0 spiro atoms. The van der Waals surface area contributed by atoms with Gasteiger partial charge in [-0.1, -0.05) is 33.6 Å². The summed E-state index contributed by atoms with van der Waals surface area (Å²) in [5.41, 5.74) is 0. The maximum absolute atomic E-state index is 5.63. The minimum Gasteiger partial charge on any atom is -0.379 e. The molecule has 0 aliphatic heterocycles. The molecule has 0 rings (SSSR count). The van der Waals surface area contributed by atoms with Crippen LogP contribution in [0.2, 0.25) is 0 Å². The number of ether oxygens (including phenoxy) is 1. The maximum Gasteiger partial charge on any atom is 0.0544 e. The highest BCUT2D eigenvalue weighted by atomic mass is 16.5. The van der Waals surface area contributed by atoms with Crippen LogP contribution in [0.5, 0.6) is 0 Å². The van der Waals surface area contributed by atoms with E-state index in [1.165, 1.54) is 19.3 Å². The van der Waals surface area contributed by atoms with Gasteiger partial charge in [0.25, 0.3) is 0 Å². The molecule has 0 aromatic carbocycles. The van der Waals surface area contributed by atoms with Crippen LogP contribution in [-0.2, 0) is 4.74 Å². The lowest BCUT2D eigenvalue weighted by Gasteiger charge is -2.14. The fraction of sp³-hybridized carbons (Fsp3) is 1.00.